The van der Waals surface area contributed by atoms with Crippen molar-refractivity contribution in [1.82, 2.24) is 9.80 Å². The van der Waals surface area contributed by atoms with E-state index in [9.17, 15) is 4.79 Å². The molecule has 0 radical (unpaired) electrons. The summed E-state index contributed by atoms with van der Waals surface area (Å²) in [5.74, 6) is 1.17. The van der Waals surface area contributed by atoms with Gasteiger partial charge in [0, 0.05) is 18.7 Å². The van der Waals surface area contributed by atoms with E-state index < -0.39 is 0 Å². The summed E-state index contributed by atoms with van der Waals surface area (Å²) in [6, 6.07) is 16.7. The van der Waals surface area contributed by atoms with Gasteiger partial charge in [0.2, 0.25) is 5.91 Å². The molecule has 1 heterocycles. The van der Waals surface area contributed by atoms with Crippen molar-refractivity contribution in [2.75, 3.05) is 26.2 Å². The van der Waals surface area contributed by atoms with Crippen LogP contribution in [-0.2, 0) is 23.3 Å². The van der Waals surface area contributed by atoms with Crippen LogP contribution < -0.4 is 4.74 Å². The zero-order chi connectivity index (χ0) is 19.6. The molecule has 2 aromatic carbocycles. The molecule has 2 aliphatic rings. The SMILES string of the molecule is CCN(CC)Cc1ccc2c(c1)CN(C(=O)C1(c3ccccc3)CC1)CCO2. The molecule has 2 aromatic rings. The second kappa shape index (κ2) is 7.96. The first-order valence-electron chi connectivity index (χ1n) is 10.5. The van der Waals surface area contributed by atoms with E-state index in [1.165, 1.54) is 5.56 Å². The third-order valence-electron chi connectivity index (χ3n) is 6.18. The quantitative estimate of drug-likeness (QED) is 0.762. The van der Waals surface area contributed by atoms with Gasteiger partial charge in [-0.1, -0.05) is 50.2 Å². The molecule has 1 amide bonds. The van der Waals surface area contributed by atoms with Gasteiger partial charge in [-0.2, -0.15) is 0 Å². The van der Waals surface area contributed by atoms with Crippen molar-refractivity contribution in [2.24, 2.45) is 0 Å². The van der Waals surface area contributed by atoms with Crippen LogP contribution in [0.1, 0.15) is 43.4 Å². The Hall–Kier alpha value is -2.33. The second-order valence-corrected chi connectivity index (χ2v) is 7.93. The van der Waals surface area contributed by atoms with Gasteiger partial charge in [-0.15, -0.1) is 0 Å². The van der Waals surface area contributed by atoms with E-state index in [0.29, 0.717) is 19.7 Å². The predicted molar refractivity (Wildman–Crippen MR) is 111 cm³/mol. The molecule has 4 nitrogen and oxygen atoms in total. The molecule has 0 bridgehead atoms. The van der Waals surface area contributed by atoms with Gasteiger partial charge in [0.05, 0.1) is 12.0 Å². The average Bonchev–Trinajstić information content (AvgIpc) is 3.56. The van der Waals surface area contributed by atoms with E-state index in [-0.39, 0.29) is 11.3 Å². The third-order valence-corrected chi connectivity index (χ3v) is 6.18. The number of fused-ring (bicyclic) bond motifs is 1. The van der Waals surface area contributed by atoms with Gasteiger partial charge in [-0.05, 0) is 49.2 Å². The van der Waals surface area contributed by atoms with Crippen LogP contribution in [0, 0.1) is 0 Å². The van der Waals surface area contributed by atoms with Gasteiger partial charge in [-0.3, -0.25) is 9.69 Å². The van der Waals surface area contributed by atoms with Crippen molar-refractivity contribution in [3.63, 3.8) is 0 Å². The number of hydrogen-bond acceptors (Lipinski definition) is 3. The first kappa shape index (κ1) is 19.0. The highest BCUT2D eigenvalue weighted by Crippen LogP contribution is 2.50. The lowest BCUT2D eigenvalue weighted by molar-refractivity contribution is -0.134. The summed E-state index contributed by atoms with van der Waals surface area (Å²) in [6.07, 6.45) is 1.89. The molecule has 1 aliphatic carbocycles. The number of ether oxygens (including phenoxy) is 1. The number of carbonyl (C=O) groups is 1. The van der Waals surface area contributed by atoms with Gasteiger partial charge >= 0.3 is 0 Å². The third kappa shape index (κ3) is 3.66. The average molecular weight is 379 g/mol. The van der Waals surface area contributed by atoms with Gasteiger partial charge in [0.25, 0.3) is 0 Å². The van der Waals surface area contributed by atoms with Crippen LogP contribution in [0.4, 0.5) is 0 Å². The van der Waals surface area contributed by atoms with Crippen molar-refractivity contribution in [3.8, 4) is 5.75 Å². The summed E-state index contributed by atoms with van der Waals surface area (Å²) in [5.41, 5.74) is 3.24. The minimum Gasteiger partial charge on any atom is -0.491 e. The summed E-state index contributed by atoms with van der Waals surface area (Å²) in [7, 11) is 0. The molecule has 0 N–H and O–H groups in total. The molecule has 148 valence electrons. The van der Waals surface area contributed by atoms with E-state index >= 15 is 0 Å². The Kier molecular flexibility index (Phi) is 5.40. The molecular weight excluding hydrogens is 348 g/mol. The fourth-order valence-electron chi connectivity index (χ4n) is 4.24. The Labute approximate surface area is 168 Å². The van der Waals surface area contributed by atoms with Gasteiger partial charge in [0.1, 0.15) is 12.4 Å². The molecule has 1 aliphatic heterocycles. The zero-order valence-corrected chi connectivity index (χ0v) is 17.0. The van der Waals surface area contributed by atoms with E-state index in [2.05, 4.69) is 49.1 Å². The molecule has 4 rings (SSSR count). The van der Waals surface area contributed by atoms with E-state index in [1.807, 2.05) is 23.1 Å². The monoisotopic (exact) mass is 378 g/mol. The predicted octanol–water partition coefficient (Wildman–Crippen LogP) is 3.98. The Bertz CT molecular complexity index is 826. The van der Waals surface area contributed by atoms with Crippen molar-refractivity contribution in [1.29, 1.82) is 0 Å². The Morgan fingerprint density at radius 1 is 1.11 bits per heavy atom. The lowest BCUT2D eigenvalue weighted by Gasteiger charge is -2.26. The second-order valence-electron chi connectivity index (χ2n) is 7.93. The van der Waals surface area contributed by atoms with E-state index in [1.54, 1.807) is 0 Å². The highest BCUT2D eigenvalue weighted by Gasteiger charge is 2.53. The van der Waals surface area contributed by atoms with Gasteiger partial charge in [0.15, 0.2) is 0 Å². The first-order valence-corrected chi connectivity index (χ1v) is 10.5. The molecule has 4 heteroatoms. The summed E-state index contributed by atoms with van der Waals surface area (Å²) in [4.78, 5) is 17.9. The van der Waals surface area contributed by atoms with Crippen molar-refractivity contribution in [2.45, 2.75) is 45.2 Å². The maximum atomic E-state index is 13.5. The van der Waals surface area contributed by atoms with Crippen LogP contribution in [0.15, 0.2) is 48.5 Å². The number of amides is 1. The van der Waals surface area contributed by atoms with E-state index in [4.69, 9.17) is 4.74 Å². The highest BCUT2D eigenvalue weighted by atomic mass is 16.5. The van der Waals surface area contributed by atoms with Gasteiger partial charge < -0.3 is 9.64 Å². The molecule has 0 atom stereocenters. The fourth-order valence-corrected chi connectivity index (χ4v) is 4.24. The first-order chi connectivity index (χ1) is 13.7. The lowest BCUT2D eigenvalue weighted by Crippen LogP contribution is -2.40. The minimum atomic E-state index is -0.315. The number of rotatable bonds is 6. The molecule has 1 saturated carbocycles. The summed E-state index contributed by atoms with van der Waals surface area (Å²) in [6.45, 7) is 9.22. The number of hydrogen-bond donors (Lipinski definition) is 0. The topological polar surface area (TPSA) is 32.8 Å². The maximum absolute atomic E-state index is 13.5. The van der Waals surface area contributed by atoms with Gasteiger partial charge in [-0.25, -0.2) is 0 Å². The van der Waals surface area contributed by atoms with Crippen molar-refractivity contribution >= 4 is 5.91 Å². The Morgan fingerprint density at radius 3 is 2.54 bits per heavy atom. The molecule has 0 saturated heterocycles. The maximum Gasteiger partial charge on any atom is 0.233 e. The van der Waals surface area contributed by atoms with Crippen LogP contribution in [0.2, 0.25) is 0 Å². The molecule has 0 aromatic heterocycles. The van der Waals surface area contributed by atoms with Crippen LogP contribution in [0.3, 0.4) is 0 Å². The largest absolute Gasteiger partial charge is 0.491 e. The molecule has 28 heavy (non-hydrogen) atoms. The standard InChI is InChI=1S/C24H30N2O2/c1-3-25(4-2)17-19-10-11-22-20(16-19)18-26(14-15-28-22)23(27)24(12-13-24)21-8-6-5-7-9-21/h5-11,16H,3-4,12-15,17-18H2,1-2H3. The van der Waals surface area contributed by atoms with Crippen LogP contribution in [0.5, 0.6) is 5.75 Å². The van der Waals surface area contributed by atoms with Crippen LogP contribution >= 0.6 is 0 Å². The van der Waals surface area contributed by atoms with Crippen LogP contribution in [-0.4, -0.2) is 41.9 Å². The molecular formula is C24H30N2O2. The Balaban J connectivity index is 1.55. The smallest absolute Gasteiger partial charge is 0.233 e. The lowest BCUT2D eigenvalue weighted by atomic mass is 9.94. The highest BCUT2D eigenvalue weighted by molar-refractivity contribution is 5.91. The number of nitrogens with zero attached hydrogens (tertiary/aromatic N) is 2. The fraction of sp³-hybridized carbons (Fsp3) is 0.458. The summed E-state index contributed by atoms with van der Waals surface area (Å²) < 4.78 is 5.97. The Morgan fingerprint density at radius 2 is 1.86 bits per heavy atom. The normalized spacial score (nSPS) is 17.6. The number of carbonyl (C=O) groups excluding carboxylic acids is 1. The molecule has 0 spiro atoms. The molecule has 1 fully saturated rings. The van der Waals surface area contributed by atoms with E-state index in [0.717, 1.165) is 49.4 Å². The van der Waals surface area contributed by atoms with Crippen molar-refractivity contribution in [3.05, 3.63) is 65.2 Å². The summed E-state index contributed by atoms with van der Waals surface area (Å²) in [5, 5.41) is 0. The minimum absolute atomic E-state index is 0.254. The molecule has 0 unspecified atom stereocenters. The van der Waals surface area contributed by atoms with Crippen LogP contribution in [0.25, 0.3) is 0 Å². The van der Waals surface area contributed by atoms with Crippen molar-refractivity contribution < 1.29 is 9.53 Å². The number of benzene rings is 2. The zero-order valence-electron chi connectivity index (χ0n) is 17.0. The summed E-state index contributed by atoms with van der Waals surface area (Å²) >= 11 is 0.